The van der Waals surface area contributed by atoms with E-state index in [1.165, 1.54) is 24.2 Å². The fourth-order valence-corrected chi connectivity index (χ4v) is 3.04. The van der Waals surface area contributed by atoms with Gasteiger partial charge < -0.3 is 11.1 Å². The molecule has 0 saturated carbocycles. The van der Waals surface area contributed by atoms with Crippen LogP contribution >= 0.6 is 11.3 Å². The molecule has 1 aromatic heterocycles. The molecule has 0 bridgehead atoms. The number of aromatic nitrogens is 1. The summed E-state index contributed by atoms with van der Waals surface area (Å²) in [6.45, 7) is 3.51. The van der Waals surface area contributed by atoms with Gasteiger partial charge in [-0.2, -0.15) is 0 Å². The Bertz CT molecular complexity index is 611. The zero-order chi connectivity index (χ0) is 15.2. The van der Waals surface area contributed by atoms with Gasteiger partial charge in [0.15, 0.2) is 5.13 Å². The SMILES string of the molecule is CCCCCN(C)CC(=O)Nc1nc2ccc(N)cc2s1. The lowest BCUT2D eigenvalue weighted by molar-refractivity contribution is -0.117. The van der Waals surface area contributed by atoms with Crippen molar-refractivity contribution in [2.24, 2.45) is 0 Å². The average Bonchev–Trinajstić information content (AvgIpc) is 2.79. The van der Waals surface area contributed by atoms with Crippen molar-refractivity contribution in [1.82, 2.24) is 9.88 Å². The number of nitrogen functional groups attached to an aromatic ring is 1. The summed E-state index contributed by atoms with van der Waals surface area (Å²) in [5.74, 6) is -0.0268. The van der Waals surface area contributed by atoms with E-state index >= 15 is 0 Å². The molecule has 6 heteroatoms. The van der Waals surface area contributed by atoms with Gasteiger partial charge in [-0.25, -0.2) is 4.98 Å². The minimum Gasteiger partial charge on any atom is -0.399 e. The highest BCUT2D eigenvalue weighted by molar-refractivity contribution is 7.22. The van der Waals surface area contributed by atoms with Gasteiger partial charge in [0.2, 0.25) is 5.91 Å². The third-order valence-corrected chi connectivity index (χ3v) is 4.15. The Labute approximate surface area is 129 Å². The first-order valence-electron chi connectivity index (χ1n) is 7.23. The number of amides is 1. The third-order valence-electron chi connectivity index (χ3n) is 3.22. The monoisotopic (exact) mass is 306 g/mol. The Morgan fingerprint density at radius 2 is 2.24 bits per heavy atom. The Balaban J connectivity index is 1.89. The Morgan fingerprint density at radius 3 is 3.00 bits per heavy atom. The van der Waals surface area contributed by atoms with Gasteiger partial charge in [0.25, 0.3) is 0 Å². The molecule has 1 aromatic carbocycles. The van der Waals surface area contributed by atoms with Crippen LogP contribution in [-0.4, -0.2) is 35.9 Å². The molecule has 0 saturated heterocycles. The van der Waals surface area contributed by atoms with Crippen LogP contribution in [0.4, 0.5) is 10.8 Å². The molecular weight excluding hydrogens is 284 g/mol. The zero-order valence-corrected chi connectivity index (χ0v) is 13.4. The molecule has 0 unspecified atom stereocenters. The van der Waals surface area contributed by atoms with E-state index in [1.54, 1.807) is 0 Å². The lowest BCUT2D eigenvalue weighted by Gasteiger charge is -2.15. The fourth-order valence-electron chi connectivity index (χ4n) is 2.11. The highest BCUT2D eigenvalue weighted by atomic mass is 32.1. The van der Waals surface area contributed by atoms with Crippen LogP contribution in [0, 0.1) is 0 Å². The number of thiazole rings is 1. The maximum Gasteiger partial charge on any atom is 0.240 e. The van der Waals surface area contributed by atoms with E-state index in [4.69, 9.17) is 5.73 Å². The molecule has 0 aliphatic heterocycles. The van der Waals surface area contributed by atoms with Crippen molar-refractivity contribution in [1.29, 1.82) is 0 Å². The van der Waals surface area contributed by atoms with E-state index in [1.807, 2.05) is 30.1 Å². The minimum absolute atomic E-state index is 0.0268. The summed E-state index contributed by atoms with van der Waals surface area (Å²) in [6.07, 6.45) is 3.51. The second-order valence-corrected chi connectivity index (χ2v) is 6.27. The fraction of sp³-hybridized carbons (Fsp3) is 0.467. The quantitative estimate of drug-likeness (QED) is 0.609. The molecule has 0 spiro atoms. The van der Waals surface area contributed by atoms with Crippen LogP contribution in [0.15, 0.2) is 18.2 Å². The van der Waals surface area contributed by atoms with Crippen LogP contribution in [0.2, 0.25) is 0 Å². The Kier molecular flexibility index (Phi) is 5.52. The summed E-state index contributed by atoms with van der Waals surface area (Å²) >= 11 is 1.45. The normalized spacial score (nSPS) is 11.2. The zero-order valence-electron chi connectivity index (χ0n) is 12.6. The summed E-state index contributed by atoms with van der Waals surface area (Å²) in [7, 11) is 1.97. The van der Waals surface area contributed by atoms with E-state index in [-0.39, 0.29) is 5.91 Å². The van der Waals surface area contributed by atoms with Crippen molar-refractivity contribution in [3.05, 3.63) is 18.2 Å². The summed E-state index contributed by atoms with van der Waals surface area (Å²) in [5.41, 5.74) is 7.31. The standard InChI is InChI=1S/C15H22N4OS/c1-3-4-5-8-19(2)10-14(20)18-15-17-12-7-6-11(16)9-13(12)21-15/h6-7,9H,3-5,8,10,16H2,1-2H3,(H,17,18,20). The van der Waals surface area contributed by atoms with Gasteiger partial charge in [0.05, 0.1) is 16.8 Å². The number of nitrogens with zero attached hydrogens (tertiary/aromatic N) is 2. The number of fused-ring (bicyclic) bond motifs is 1. The van der Waals surface area contributed by atoms with Crippen LogP contribution in [-0.2, 0) is 4.79 Å². The number of nitrogens with one attached hydrogen (secondary N) is 1. The summed E-state index contributed by atoms with van der Waals surface area (Å²) in [5, 5.41) is 3.49. The molecule has 5 nitrogen and oxygen atoms in total. The number of benzene rings is 1. The van der Waals surface area contributed by atoms with Crippen LogP contribution in [0.3, 0.4) is 0 Å². The molecule has 1 heterocycles. The van der Waals surface area contributed by atoms with E-state index in [0.717, 1.165) is 23.2 Å². The lowest BCUT2D eigenvalue weighted by atomic mass is 10.2. The average molecular weight is 306 g/mol. The summed E-state index contributed by atoms with van der Waals surface area (Å²) in [4.78, 5) is 18.4. The van der Waals surface area contributed by atoms with Crippen molar-refractivity contribution in [3.8, 4) is 0 Å². The molecule has 0 aliphatic rings. The van der Waals surface area contributed by atoms with Gasteiger partial charge in [-0.05, 0) is 38.2 Å². The first-order chi connectivity index (χ1) is 10.1. The topological polar surface area (TPSA) is 71.2 Å². The molecule has 2 aromatic rings. The summed E-state index contributed by atoms with van der Waals surface area (Å²) < 4.78 is 0.988. The van der Waals surface area contributed by atoms with Crippen molar-refractivity contribution < 1.29 is 4.79 Å². The smallest absolute Gasteiger partial charge is 0.240 e. The van der Waals surface area contributed by atoms with E-state index in [2.05, 4.69) is 17.2 Å². The van der Waals surface area contributed by atoms with Gasteiger partial charge >= 0.3 is 0 Å². The van der Waals surface area contributed by atoms with Crippen molar-refractivity contribution in [2.45, 2.75) is 26.2 Å². The number of carbonyl (C=O) groups excluding carboxylic acids is 1. The van der Waals surface area contributed by atoms with E-state index in [9.17, 15) is 4.79 Å². The summed E-state index contributed by atoms with van der Waals surface area (Å²) in [6, 6.07) is 5.56. The van der Waals surface area contributed by atoms with Crippen LogP contribution in [0.25, 0.3) is 10.2 Å². The molecular formula is C15H22N4OS. The number of rotatable bonds is 7. The highest BCUT2D eigenvalue weighted by Crippen LogP contribution is 2.27. The number of anilines is 2. The predicted molar refractivity (Wildman–Crippen MR) is 89.7 cm³/mol. The molecule has 3 N–H and O–H groups in total. The second kappa shape index (κ2) is 7.38. The lowest BCUT2D eigenvalue weighted by Crippen LogP contribution is -2.30. The van der Waals surface area contributed by atoms with Gasteiger partial charge in [0.1, 0.15) is 0 Å². The third kappa shape index (κ3) is 4.68. The second-order valence-electron chi connectivity index (χ2n) is 5.24. The number of likely N-dealkylation sites (N-methyl/N-ethyl adjacent to an activating group) is 1. The van der Waals surface area contributed by atoms with Gasteiger partial charge in [-0.15, -0.1) is 0 Å². The van der Waals surface area contributed by atoms with Crippen LogP contribution in [0.1, 0.15) is 26.2 Å². The molecule has 1 amide bonds. The largest absolute Gasteiger partial charge is 0.399 e. The van der Waals surface area contributed by atoms with Crippen molar-refractivity contribution >= 4 is 38.3 Å². The van der Waals surface area contributed by atoms with Gasteiger partial charge in [0, 0.05) is 5.69 Å². The van der Waals surface area contributed by atoms with E-state index < -0.39 is 0 Å². The highest BCUT2D eigenvalue weighted by Gasteiger charge is 2.10. The number of nitrogens with two attached hydrogens (primary N) is 1. The first kappa shape index (κ1) is 15.7. The Morgan fingerprint density at radius 1 is 1.43 bits per heavy atom. The first-order valence-corrected chi connectivity index (χ1v) is 8.04. The van der Waals surface area contributed by atoms with Crippen molar-refractivity contribution in [2.75, 3.05) is 31.2 Å². The number of hydrogen-bond donors (Lipinski definition) is 2. The molecule has 2 rings (SSSR count). The molecule has 114 valence electrons. The molecule has 0 fully saturated rings. The molecule has 0 radical (unpaired) electrons. The number of unbranched alkanes of at least 4 members (excludes halogenated alkanes) is 2. The van der Waals surface area contributed by atoms with Crippen LogP contribution in [0.5, 0.6) is 0 Å². The number of hydrogen-bond acceptors (Lipinski definition) is 5. The maximum atomic E-state index is 12.0. The van der Waals surface area contributed by atoms with Crippen LogP contribution < -0.4 is 11.1 Å². The Hall–Kier alpha value is -1.66. The molecule has 21 heavy (non-hydrogen) atoms. The van der Waals surface area contributed by atoms with Gasteiger partial charge in [-0.1, -0.05) is 31.1 Å². The van der Waals surface area contributed by atoms with E-state index in [0.29, 0.717) is 17.4 Å². The minimum atomic E-state index is -0.0268. The predicted octanol–water partition coefficient (Wildman–Crippen LogP) is 2.94. The molecule has 0 atom stereocenters. The van der Waals surface area contributed by atoms with Gasteiger partial charge in [-0.3, -0.25) is 9.69 Å². The number of carbonyl (C=O) groups is 1. The van der Waals surface area contributed by atoms with Crippen molar-refractivity contribution in [3.63, 3.8) is 0 Å². The molecule has 0 aliphatic carbocycles. The maximum absolute atomic E-state index is 12.0.